The van der Waals surface area contributed by atoms with Gasteiger partial charge in [0.1, 0.15) is 6.10 Å². The summed E-state index contributed by atoms with van der Waals surface area (Å²) < 4.78 is 4.81. The predicted molar refractivity (Wildman–Crippen MR) is 30.6 cm³/mol. The van der Waals surface area contributed by atoms with Crippen molar-refractivity contribution in [2.24, 2.45) is 0 Å². The Balaban J connectivity index is 2.04. The van der Waals surface area contributed by atoms with E-state index in [-0.39, 0.29) is 6.10 Å². The van der Waals surface area contributed by atoms with E-state index < -0.39 is 6.10 Å². The van der Waals surface area contributed by atoms with E-state index in [2.05, 4.69) is 0 Å². The van der Waals surface area contributed by atoms with Gasteiger partial charge < -0.3 is 9.84 Å². The highest BCUT2D eigenvalue weighted by atomic mass is 16.6. The van der Waals surface area contributed by atoms with Gasteiger partial charge in [-0.05, 0) is 6.42 Å². The number of epoxide rings is 1. The molecule has 9 heavy (non-hydrogen) atoms. The summed E-state index contributed by atoms with van der Waals surface area (Å²) in [6.07, 6.45) is 0.574. The molecule has 1 saturated heterocycles. The third-order valence-electron chi connectivity index (χ3n) is 1.34. The minimum atomic E-state index is -0.412. The molecule has 3 nitrogen and oxygen atoms in total. The molecule has 1 heterocycles. The van der Waals surface area contributed by atoms with Crippen LogP contribution >= 0.6 is 0 Å². The lowest BCUT2D eigenvalue weighted by Gasteiger charge is -2.00. The number of aliphatic hydroxyl groups excluding tert-OH is 1. The Hall–Kier alpha value is -0.590. The summed E-state index contributed by atoms with van der Waals surface area (Å²) in [7, 11) is 0. The molecule has 0 spiro atoms. The van der Waals surface area contributed by atoms with Crippen molar-refractivity contribution in [1.82, 2.24) is 0 Å². The van der Waals surface area contributed by atoms with Crippen molar-refractivity contribution in [3.63, 3.8) is 0 Å². The molecule has 1 fully saturated rings. The third-order valence-corrected chi connectivity index (χ3v) is 1.34. The van der Waals surface area contributed by atoms with Gasteiger partial charge in [-0.1, -0.05) is 0 Å². The predicted octanol–water partition coefficient (Wildman–Crippen LogP) is 0.0499. The van der Waals surface area contributed by atoms with Crippen LogP contribution in [0.2, 0.25) is 0 Å². The zero-order chi connectivity index (χ0) is 6.69. The number of ether oxygens (including phenoxy) is 1. The maximum Gasteiger partial charge on any atom is 0.107 e. The topological polar surface area (TPSA) is 56.5 Å². The first-order valence-electron chi connectivity index (χ1n) is 3.01. The molecule has 0 bridgehead atoms. The van der Waals surface area contributed by atoms with Crippen molar-refractivity contribution in [3.05, 3.63) is 0 Å². The zero-order valence-corrected chi connectivity index (χ0v) is 5.08. The fraction of sp³-hybridized carbons (Fsp3) is 0.833. The summed E-state index contributed by atoms with van der Waals surface area (Å²) >= 11 is 0. The van der Waals surface area contributed by atoms with Gasteiger partial charge in [0.15, 0.2) is 0 Å². The van der Waals surface area contributed by atoms with E-state index in [1.807, 2.05) is 6.07 Å². The number of rotatable bonds is 3. The molecule has 2 atom stereocenters. The van der Waals surface area contributed by atoms with E-state index in [0.717, 1.165) is 0 Å². The van der Waals surface area contributed by atoms with Gasteiger partial charge in [0.2, 0.25) is 0 Å². The quantitative estimate of drug-likeness (QED) is 0.545. The highest BCUT2D eigenvalue weighted by Gasteiger charge is 2.30. The molecule has 2 unspecified atom stereocenters. The van der Waals surface area contributed by atoms with Gasteiger partial charge in [0.05, 0.1) is 18.8 Å². The van der Waals surface area contributed by atoms with Crippen LogP contribution in [0.25, 0.3) is 0 Å². The van der Waals surface area contributed by atoms with Crippen molar-refractivity contribution in [2.75, 3.05) is 6.61 Å². The summed E-state index contributed by atoms with van der Waals surface area (Å²) in [6.45, 7) is 0.659. The van der Waals surface area contributed by atoms with Crippen LogP contribution in [0.1, 0.15) is 12.8 Å². The van der Waals surface area contributed by atoms with Crippen LogP contribution in [0.4, 0.5) is 0 Å². The van der Waals surface area contributed by atoms with Crippen molar-refractivity contribution in [1.29, 1.82) is 5.26 Å². The molecular weight excluding hydrogens is 118 g/mol. The normalized spacial score (nSPS) is 26.9. The zero-order valence-electron chi connectivity index (χ0n) is 5.08. The van der Waals surface area contributed by atoms with E-state index >= 15 is 0 Å². The summed E-state index contributed by atoms with van der Waals surface area (Å²) in [6, 6.07) is 1.97. The van der Waals surface area contributed by atoms with E-state index in [1.165, 1.54) is 0 Å². The molecule has 0 aliphatic carbocycles. The number of hydrogen-bond donors (Lipinski definition) is 1. The second-order valence-electron chi connectivity index (χ2n) is 2.14. The molecule has 50 valence electrons. The minimum absolute atomic E-state index is 0.0262. The number of hydrogen-bond acceptors (Lipinski definition) is 3. The maximum atomic E-state index is 9.04. The van der Waals surface area contributed by atoms with Crippen LogP contribution in [0.3, 0.4) is 0 Å². The largest absolute Gasteiger partial charge is 0.390 e. The van der Waals surface area contributed by atoms with E-state index in [1.54, 1.807) is 0 Å². The summed E-state index contributed by atoms with van der Waals surface area (Å²) in [4.78, 5) is 0. The van der Waals surface area contributed by atoms with Gasteiger partial charge in [-0.15, -0.1) is 0 Å². The van der Waals surface area contributed by atoms with E-state index in [0.29, 0.717) is 19.4 Å². The average Bonchev–Trinajstić information content (AvgIpc) is 2.63. The lowest BCUT2D eigenvalue weighted by atomic mass is 10.1. The van der Waals surface area contributed by atoms with Crippen LogP contribution in [-0.4, -0.2) is 23.9 Å². The first-order chi connectivity index (χ1) is 4.34. The van der Waals surface area contributed by atoms with Crippen molar-refractivity contribution in [3.8, 4) is 6.07 Å². The van der Waals surface area contributed by atoms with Gasteiger partial charge in [-0.3, -0.25) is 0 Å². The first-order valence-corrected chi connectivity index (χ1v) is 3.01. The molecule has 1 aliphatic heterocycles. The molecule has 0 aromatic carbocycles. The number of aliphatic hydroxyl groups is 1. The Morgan fingerprint density at radius 2 is 2.56 bits per heavy atom. The van der Waals surface area contributed by atoms with Crippen LogP contribution in [0.15, 0.2) is 0 Å². The van der Waals surface area contributed by atoms with E-state index in [9.17, 15) is 0 Å². The third kappa shape index (κ3) is 2.00. The van der Waals surface area contributed by atoms with Crippen LogP contribution in [-0.2, 0) is 4.74 Å². The smallest absolute Gasteiger partial charge is 0.107 e. The molecule has 1 N–H and O–H groups in total. The lowest BCUT2D eigenvalue weighted by Crippen LogP contribution is -2.13. The monoisotopic (exact) mass is 127 g/mol. The molecule has 3 heteroatoms. The standard InChI is InChI=1S/C6H9NO2/c7-3-1-2-5(8)6-4-9-6/h5-6,8H,1-2,4H2. The second kappa shape index (κ2) is 2.81. The highest BCUT2D eigenvalue weighted by molar-refractivity contribution is 4.81. The molecule has 1 rings (SSSR count). The molecule has 0 aromatic rings. The molecule has 0 radical (unpaired) electrons. The first kappa shape index (κ1) is 6.53. The van der Waals surface area contributed by atoms with Crippen molar-refractivity contribution in [2.45, 2.75) is 25.0 Å². The van der Waals surface area contributed by atoms with Gasteiger partial charge in [-0.2, -0.15) is 5.26 Å². The van der Waals surface area contributed by atoms with Gasteiger partial charge in [-0.25, -0.2) is 0 Å². The van der Waals surface area contributed by atoms with Crippen LogP contribution < -0.4 is 0 Å². The minimum Gasteiger partial charge on any atom is -0.390 e. The Bertz CT molecular complexity index is 126. The van der Waals surface area contributed by atoms with Crippen LogP contribution in [0.5, 0.6) is 0 Å². The SMILES string of the molecule is N#CCCC(O)C1CO1. The van der Waals surface area contributed by atoms with E-state index in [4.69, 9.17) is 15.1 Å². The fourth-order valence-corrected chi connectivity index (χ4v) is 0.676. The Labute approximate surface area is 53.9 Å². The lowest BCUT2D eigenvalue weighted by molar-refractivity contribution is 0.128. The Morgan fingerprint density at radius 1 is 1.89 bits per heavy atom. The van der Waals surface area contributed by atoms with Crippen molar-refractivity contribution < 1.29 is 9.84 Å². The molecule has 0 saturated carbocycles. The van der Waals surface area contributed by atoms with Gasteiger partial charge >= 0.3 is 0 Å². The van der Waals surface area contributed by atoms with Crippen molar-refractivity contribution >= 4 is 0 Å². The Kier molecular flexibility index (Phi) is 2.04. The summed E-state index contributed by atoms with van der Waals surface area (Å²) in [5.74, 6) is 0. The molecule has 0 amide bonds. The summed E-state index contributed by atoms with van der Waals surface area (Å²) in [5.41, 5.74) is 0. The maximum absolute atomic E-state index is 9.04. The summed E-state index contributed by atoms with van der Waals surface area (Å²) in [5, 5.41) is 17.2. The van der Waals surface area contributed by atoms with Gasteiger partial charge in [0, 0.05) is 6.42 Å². The Morgan fingerprint density at radius 3 is 3.00 bits per heavy atom. The molecular formula is C6H9NO2. The average molecular weight is 127 g/mol. The van der Waals surface area contributed by atoms with Gasteiger partial charge in [0.25, 0.3) is 0 Å². The second-order valence-corrected chi connectivity index (χ2v) is 2.14. The molecule has 0 aromatic heterocycles. The fourth-order valence-electron chi connectivity index (χ4n) is 0.676. The highest BCUT2D eigenvalue weighted by Crippen LogP contribution is 2.16. The number of nitrogens with zero attached hydrogens (tertiary/aromatic N) is 1. The molecule has 1 aliphatic rings. The van der Waals surface area contributed by atoms with Crippen LogP contribution in [0, 0.1) is 11.3 Å². The number of nitriles is 1.